The molecule has 0 aliphatic heterocycles. The topological polar surface area (TPSA) is 89.6 Å². The van der Waals surface area contributed by atoms with Crippen molar-refractivity contribution in [2.75, 3.05) is 7.11 Å². The van der Waals surface area contributed by atoms with Crippen molar-refractivity contribution in [1.82, 2.24) is 19.8 Å². The minimum Gasteiger partial charge on any atom is -0.481 e. The zero-order valence-electron chi connectivity index (χ0n) is 9.29. The maximum absolute atomic E-state index is 10.4. The van der Waals surface area contributed by atoms with E-state index in [1.165, 1.54) is 11.3 Å². The monoisotopic (exact) mass is 256 g/mol. The van der Waals surface area contributed by atoms with Gasteiger partial charge in [-0.2, -0.15) is 9.61 Å². The molecule has 0 fully saturated rings. The third-order valence-corrected chi connectivity index (χ3v) is 3.11. The van der Waals surface area contributed by atoms with Crippen molar-refractivity contribution in [2.24, 2.45) is 0 Å². The molecule has 1 N–H and O–H groups in total. The van der Waals surface area contributed by atoms with Crippen molar-refractivity contribution < 1.29 is 14.6 Å². The van der Waals surface area contributed by atoms with Gasteiger partial charge in [-0.25, -0.2) is 0 Å². The molecule has 2 heterocycles. The predicted octanol–water partition coefficient (Wildman–Crippen LogP) is 0.740. The number of aryl methyl sites for hydroxylation is 1. The Kier molecular flexibility index (Phi) is 3.64. The molecule has 0 unspecified atom stereocenters. The lowest BCUT2D eigenvalue weighted by Gasteiger charge is -1.94. The van der Waals surface area contributed by atoms with Gasteiger partial charge in [0.2, 0.25) is 4.96 Å². The van der Waals surface area contributed by atoms with Crippen molar-refractivity contribution in [3.8, 4) is 0 Å². The van der Waals surface area contributed by atoms with E-state index < -0.39 is 5.97 Å². The van der Waals surface area contributed by atoms with Crippen molar-refractivity contribution in [2.45, 2.75) is 25.9 Å². The van der Waals surface area contributed by atoms with E-state index in [1.54, 1.807) is 11.6 Å². The molecule has 0 saturated carbocycles. The molecule has 2 rings (SSSR count). The summed E-state index contributed by atoms with van der Waals surface area (Å²) in [5, 5.41) is 21.6. The number of aromatic nitrogens is 4. The minimum atomic E-state index is -0.784. The number of fused-ring (bicyclic) bond motifs is 1. The van der Waals surface area contributed by atoms with Crippen LogP contribution in [0.3, 0.4) is 0 Å². The average molecular weight is 256 g/mol. The van der Waals surface area contributed by atoms with Crippen LogP contribution in [-0.4, -0.2) is 38.0 Å². The van der Waals surface area contributed by atoms with Crippen LogP contribution < -0.4 is 0 Å². The minimum absolute atomic E-state index is 0.158. The van der Waals surface area contributed by atoms with Crippen LogP contribution >= 0.6 is 11.3 Å². The Hall–Kier alpha value is -1.54. The first kappa shape index (κ1) is 11.9. The van der Waals surface area contributed by atoms with Gasteiger partial charge in [-0.3, -0.25) is 4.79 Å². The molecular weight excluding hydrogens is 244 g/mol. The highest BCUT2D eigenvalue weighted by molar-refractivity contribution is 7.16. The molecule has 2 aromatic rings. The highest BCUT2D eigenvalue weighted by Crippen LogP contribution is 2.16. The molecule has 0 spiro atoms. The Labute approximate surface area is 101 Å². The Balaban J connectivity index is 2.06. The Bertz CT molecular complexity index is 521. The second kappa shape index (κ2) is 5.19. The van der Waals surface area contributed by atoms with Gasteiger partial charge in [0.25, 0.3) is 0 Å². The summed E-state index contributed by atoms with van der Waals surface area (Å²) in [5.41, 5.74) is 0. The molecular formula is C9H12N4O3S. The van der Waals surface area contributed by atoms with Gasteiger partial charge in [0.15, 0.2) is 5.82 Å². The second-order valence-corrected chi connectivity index (χ2v) is 4.53. The number of hydrogen-bond acceptors (Lipinski definition) is 6. The molecule has 0 amide bonds. The lowest BCUT2D eigenvalue weighted by Crippen LogP contribution is -1.99. The molecule has 8 heteroatoms. The van der Waals surface area contributed by atoms with Crippen molar-refractivity contribution >= 4 is 22.3 Å². The summed E-state index contributed by atoms with van der Waals surface area (Å²) >= 11 is 1.43. The average Bonchev–Trinajstić information content (AvgIpc) is 2.80. The van der Waals surface area contributed by atoms with Crippen LogP contribution in [0.5, 0.6) is 0 Å². The van der Waals surface area contributed by atoms with Gasteiger partial charge in [0.05, 0.1) is 0 Å². The Morgan fingerprint density at radius 2 is 2.35 bits per heavy atom. The normalized spacial score (nSPS) is 11.1. The molecule has 0 radical (unpaired) electrons. The number of hydrogen-bond donors (Lipinski definition) is 1. The number of aliphatic carboxylic acids is 1. The quantitative estimate of drug-likeness (QED) is 0.819. The van der Waals surface area contributed by atoms with E-state index in [0.717, 1.165) is 5.01 Å². The SMILES string of the molecule is COCc1nnc2sc(CCCC(=O)O)nn12. The number of carboxylic acids is 1. The lowest BCUT2D eigenvalue weighted by molar-refractivity contribution is -0.137. The standard InChI is InChI=1S/C9H12N4O3S/c1-16-5-6-10-11-9-13(6)12-7(17-9)3-2-4-8(14)15/h2-5H2,1H3,(H,14,15). The zero-order chi connectivity index (χ0) is 12.3. The van der Waals surface area contributed by atoms with Crippen LogP contribution in [-0.2, 0) is 22.6 Å². The molecule has 0 aromatic carbocycles. The Morgan fingerprint density at radius 3 is 3.06 bits per heavy atom. The summed E-state index contributed by atoms with van der Waals surface area (Å²) in [7, 11) is 1.58. The molecule has 7 nitrogen and oxygen atoms in total. The molecule has 2 aromatic heterocycles. The second-order valence-electron chi connectivity index (χ2n) is 3.49. The molecule has 92 valence electrons. The highest BCUT2D eigenvalue weighted by atomic mass is 32.1. The molecule has 0 aliphatic carbocycles. The van der Waals surface area contributed by atoms with Crippen LogP contribution in [0.4, 0.5) is 0 Å². The summed E-state index contributed by atoms with van der Waals surface area (Å²) in [4.78, 5) is 11.1. The van der Waals surface area contributed by atoms with Gasteiger partial charge in [-0.15, -0.1) is 10.2 Å². The van der Waals surface area contributed by atoms with Crippen LogP contribution in [0.2, 0.25) is 0 Å². The van der Waals surface area contributed by atoms with Crippen LogP contribution in [0.15, 0.2) is 0 Å². The third kappa shape index (κ3) is 2.77. The lowest BCUT2D eigenvalue weighted by atomic mass is 10.2. The van der Waals surface area contributed by atoms with Crippen LogP contribution in [0, 0.1) is 0 Å². The largest absolute Gasteiger partial charge is 0.481 e. The van der Waals surface area contributed by atoms with E-state index in [1.807, 2.05) is 0 Å². The van der Waals surface area contributed by atoms with Gasteiger partial charge in [0, 0.05) is 20.0 Å². The van der Waals surface area contributed by atoms with Crippen LogP contribution in [0.25, 0.3) is 4.96 Å². The number of carboxylic acid groups (broad SMARTS) is 1. The number of nitrogens with zero attached hydrogens (tertiary/aromatic N) is 4. The van der Waals surface area contributed by atoms with Crippen LogP contribution in [0.1, 0.15) is 23.7 Å². The van der Waals surface area contributed by atoms with E-state index in [4.69, 9.17) is 9.84 Å². The number of rotatable bonds is 6. The molecule has 0 bridgehead atoms. The molecule has 0 atom stereocenters. The number of carbonyl (C=O) groups is 1. The highest BCUT2D eigenvalue weighted by Gasteiger charge is 2.11. The summed E-state index contributed by atoms with van der Waals surface area (Å²) < 4.78 is 6.62. The van der Waals surface area contributed by atoms with Gasteiger partial charge < -0.3 is 9.84 Å². The summed E-state index contributed by atoms with van der Waals surface area (Å²) in [6.07, 6.45) is 1.39. The van der Waals surface area contributed by atoms with E-state index in [0.29, 0.717) is 30.2 Å². The number of methoxy groups -OCH3 is 1. The molecule has 0 aliphatic rings. The molecule has 17 heavy (non-hydrogen) atoms. The van der Waals surface area contributed by atoms with E-state index in [2.05, 4.69) is 15.3 Å². The summed E-state index contributed by atoms with van der Waals surface area (Å²) in [5.74, 6) is -0.128. The number of ether oxygens (including phenoxy) is 1. The van der Waals surface area contributed by atoms with E-state index in [9.17, 15) is 4.79 Å². The first-order valence-corrected chi connectivity index (χ1v) is 5.93. The van der Waals surface area contributed by atoms with Gasteiger partial charge in [-0.1, -0.05) is 11.3 Å². The fourth-order valence-corrected chi connectivity index (χ4v) is 2.30. The van der Waals surface area contributed by atoms with Crippen molar-refractivity contribution in [3.63, 3.8) is 0 Å². The van der Waals surface area contributed by atoms with E-state index >= 15 is 0 Å². The Morgan fingerprint density at radius 1 is 1.53 bits per heavy atom. The molecule has 0 saturated heterocycles. The summed E-state index contributed by atoms with van der Waals surface area (Å²) in [6.45, 7) is 0.361. The van der Waals surface area contributed by atoms with Gasteiger partial charge in [-0.05, 0) is 6.42 Å². The summed E-state index contributed by atoms with van der Waals surface area (Å²) in [6, 6.07) is 0. The maximum Gasteiger partial charge on any atom is 0.303 e. The van der Waals surface area contributed by atoms with Crippen molar-refractivity contribution in [3.05, 3.63) is 10.8 Å². The smallest absolute Gasteiger partial charge is 0.303 e. The fraction of sp³-hybridized carbons (Fsp3) is 0.556. The van der Waals surface area contributed by atoms with Gasteiger partial charge in [0.1, 0.15) is 11.6 Å². The predicted molar refractivity (Wildman–Crippen MR) is 59.9 cm³/mol. The zero-order valence-corrected chi connectivity index (χ0v) is 10.1. The van der Waals surface area contributed by atoms with E-state index in [-0.39, 0.29) is 6.42 Å². The van der Waals surface area contributed by atoms with Crippen molar-refractivity contribution in [1.29, 1.82) is 0 Å². The third-order valence-electron chi connectivity index (χ3n) is 2.15. The first-order valence-electron chi connectivity index (χ1n) is 5.11. The maximum atomic E-state index is 10.4. The fourth-order valence-electron chi connectivity index (χ4n) is 1.41. The van der Waals surface area contributed by atoms with Gasteiger partial charge >= 0.3 is 5.97 Å². The first-order chi connectivity index (χ1) is 8.20.